The molecule has 0 aromatic heterocycles. The molecule has 1 aromatic rings. The van der Waals surface area contributed by atoms with Gasteiger partial charge in [0.05, 0.1) is 0 Å². The molecular formula is C13H14N2O3S. The Hall–Kier alpha value is -1.79. The van der Waals surface area contributed by atoms with Crippen LogP contribution in [0.2, 0.25) is 0 Å². The van der Waals surface area contributed by atoms with Gasteiger partial charge in [-0.15, -0.1) is 11.8 Å². The smallest absolute Gasteiger partial charge is 0.330 e. The Balaban J connectivity index is 2.30. The first-order valence-electron chi connectivity index (χ1n) is 5.74. The van der Waals surface area contributed by atoms with Gasteiger partial charge in [0.2, 0.25) is 4.75 Å². The summed E-state index contributed by atoms with van der Waals surface area (Å²) in [6.45, 7) is 0. The molecule has 2 atom stereocenters. The number of aliphatic carboxylic acids is 1. The van der Waals surface area contributed by atoms with Gasteiger partial charge in [-0.2, -0.15) is 0 Å². The second-order valence-electron chi connectivity index (χ2n) is 4.26. The first kappa shape index (κ1) is 13.6. The summed E-state index contributed by atoms with van der Waals surface area (Å²) in [5, 5.41) is 11.1. The standard InChI is InChI=1S/C13H14N2O3S/c14-15-11(16)13(12(17)18)10(6-7-19-13)8-9-4-2-1-3-5-9/h1-7,10H,8,14H2,(H,15,16)(H,17,18)/t10-,13+/m1/s1. The predicted octanol–water partition coefficient (Wildman–Crippen LogP) is 0.919. The topological polar surface area (TPSA) is 92.4 Å². The zero-order valence-electron chi connectivity index (χ0n) is 10.1. The van der Waals surface area contributed by atoms with Crippen LogP contribution in [0.5, 0.6) is 0 Å². The van der Waals surface area contributed by atoms with Crippen molar-refractivity contribution in [1.29, 1.82) is 0 Å². The molecular weight excluding hydrogens is 264 g/mol. The Morgan fingerprint density at radius 2 is 2.05 bits per heavy atom. The molecule has 1 aliphatic heterocycles. The maximum atomic E-state index is 11.9. The van der Waals surface area contributed by atoms with Gasteiger partial charge in [0.15, 0.2) is 0 Å². The van der Waals surface area contributed by atoms with E-state index in [1.54, 1.807) is 11.5 Å². The zero-order chi connectivity index (χ0) is 13.9. The number of allylic oxidation sites excluding steroid dienone is 1. The Morgan fingerprint density at radius 1 is 1.37 bits per heavy atom. The fourth-order valence-electron chi connectivity index (χ4n) is 2.18. The van der Waals surface area contributed by atoms with Crippen molar-refractivity contribution >= 4 is 23.6 Å². The molecule has 19 heavy (non-hydrogen) atoms. The molecule has 1 aliphatic rings. The van der Waals surface area contributed by atoms with Gasteiger partial charge in [-0.3, -0.25) is 15.0 Å². The number of thioether (sulfide) groups is 1. The van der Waals surface area contributed by atoms with Gasteiger partial charge in [-0.05, 0) is 17.4 Å². The van der Waals surface area contributed by atoms with Crippen LogP contribution in [0.3, 0.4) is 0 Å². The number of rotatable bonds is 4. The number of hydrogen-bond acceptors (Lipinski definition) is 4. The molecule has 0 fully saturated rings. The minimum absolute atomic E-state index is 0.430. The number of nitrogens with one attached hydrogen (secondary N) is 1. The average Bonchev–Trinajstić information content (AvgIpc) is 2.83. The minimum Gasteiger partial charge on any atom is -0.480 e. The number of carboxylic acids is 1. The van der Waals surface area contributed by atoms with Crippen LogP contribution in [0, 0.1) is 5.92 Å². The fraction of sp³-hybridized carbons (Fsp3) is 0.231. The molecule has 6 heteroatoms. The van der Waals surface area contributed by atoms with E-state index in [0.717, 1.165) is 17.3 Å². The summed E-state index contributed by atoms with van der Waals surface area (Å²) in [6.07, 6.45) is 2.23. The lowest BCUT2D eigenvalue weighted by atomic mass is 9.85. The molecule has 2 rings (SSSR count). The van der Waals surface area contributed by atoms with Crippen LogP contribution < -0.4 is 11.3 Å². The first-order valence-corrected chi connectivity index (χ1v) is 6.62. The second-order valence-corrected chi connectivity index (χ2v) is 5.41. The second kappa shape index (κ2) is 5.46. The van der Waals surface area contributed by atoms with Crippen LogP contribution in [-0.2, 0) is 16.0 Å². The molecule has 0 unspecified atom stereocenters. The van der Waals surface area contributed by atoms with Crippen molar-refractivity contribution in [3.05, 3.63) is 47.4 Å². The Morgan fingerprint density at radius 3 is 2.63 bits per heavy atom. The van der Waals surface area contributed by atoms with Gasteiger partial charge >= 0.3 is 5.97 Å². The number of hydrazine groups is 1. The van der Waals surface area contributed by atoms with Crippen LogP contribution in [0.4, 0.5) is 0 Å². The van der Waals surface area contributed by atoms with Crippen molar-refractivity contribution < 1.29 is 14.7 Å². The van der Waals surface area contributed by atoms with E-state index in [1.807, 2.05) is 35.8 Å². The number of carboxylic acid groups (broad SMARTS) is 1. The molecule has 0 saturated carbocycles. The predicted molar refractivity (Wildman–Crippen MR) is 73.1 cm³/mol. The summed E-state index contributed by atoms with van der Waals surface area (Å²) in [5.41, 5.74) is 2.95. The average molecular weight is 278 g/mol. The van der Waals surface area contributed by atoms with E-state index >= 15 is 0 Å². The van der Waals surface area contributed by atoms with E-state index in [4.69, 9.17) is 5.84 Å². The summed E-state index contributed by atoms with van der Waals surface area (Å²) in [6, 6.07) is 9.46. The normalized spacial score (nSPS) is 25.2. The van der Waals surface area contributed by atoms with Gasteiger partial charge in [0, 0.05) is 5.92 Å². The van der Waals surface area contributed by atoms with Crippen LogP contribution in [0.1, 0.15) is 5.56 Å². The van der Waals surface area contributed by atoms with Crippen molar-refractivity contribution in [2.75, 3.05) is 0 Å². The van der Waals surface area contributed by atoms with Crippen molar-refractivity contribution in [2.45, 2.75) is 11.2 Å². The summed E-state index contributed by atoms with van der Waals surface area (Å²) in [4.78, 5) is 23.4. The molecule has 1 amide bonds. The number of amides is 1. The van der Waals surface area contributed by atoms with E-state index < -0.39 is 22.5 Å². The van der Waals surface area contributed by atoms with E-state index in [2.05, 4.69) is 0 Å². The van der Waals surface area contributed by atoms with Crippen LogP contribution >= 0.6 is 11.8 Å². The third-order valence-electron chi connectivity index (χ3n) is 3.17. The molecule has 1 heterocycles. The maximum Gasteiger partial charge on any atom is 0.330 e. The Kier molecular flexibility index (Phi) is 3.92. The number of carbonyl (C=O) groups excluding carboxylic acids is 1. The molecule has 5 nitrogen and oxygen atoms in total. The SMILES string of the molecule is NNC(=O)[C@@]1(C(=O)O)SC=C[C@@H]1Cc1ccccc1. The van der Waals surface area contributed by atoms with E-state index in [0.29, 0.717) is 6.42 Å². The van der Waals surface area contributed by atoms with Crippen LogP contribution in [0.15, 0.2) is 41.8 Å². The van der Waals surface area contributed by atoms with Crippen molar-refractivity contribution in [3.8, 4) is 0 Å². The quantitative estimate of drug-likeness (QED) is 0.329. The Bertz CT molecular complexity index is 518. The molecule has 1 aromatic carbocycles. The van der Waals surface area contributed by atoms with Gasteiger partial charge in [-0.1, -0.05) is 36.4 Å². The molecule has 100 valence electrons. The molecule has 0 spiro atoms. The van der Waals surface area contributed by atoms with Crippen molar-refractivity contribution in [1.82, 2.24) is 5.43 Å². The van der Waals surface area contributed by atoms with Gasteiger partial charge in [-0.25, -0.2) is 5.84 Å². The third kappa shape index (κ3) is 2.36. The van der Waals surface area contributed by atoms with Crippen molar-refractivity contribution in [3.63, 3.8) is 0 Å². The van der Waals surface area contributed by atoms with E-state index in [-0.39, 0.29) is 0 Å². The lowest BCUT2D eigenvalue weighted by Crippen LogP contribution is -2.55. The highest BCUT2D eigenvalue weighted by Crippen LogP contribution is 2.43. The van der Waals surface area contributed by atoms with E-state index in [9.17, 15) is 14.7 Å². The largest absolute Gasteiger partial charge is 0.480 e. The fourth-order valence-corrected chi connectivity index (χ4v) is 3.27. The van der Waals surface area contributed by atoms with E-state index in [1.165, 1.54) is 0 Å². The lowest BCUT2D eigenvalue weighted by molar-refractivity contribution is -0.145. The number of carbonyl (C=O) groups is 2. The molecule has 0 saturated heterocycles. The number of hydrogen-bond donors (Lipinski definition) is 3. The number of nitrogens with two attached hydrogens (primary N) is 1. The molecule has 4 N–H and O–H groups in total. The summed E-state index contributed by atoms with van der Waals surface area (Å²) in [7, 11) is 0. The Labute approximate surface area is 114 Å². The van der Waals surface area contributed by atoms with Gasteiger partial charge in [0.1, 0.15) is 0 Å². The van der Waals surface area contributed by atoms with Gasteiger partial charge < -0.3 is 5.11 Å². The number of benzene rings is 1. The molecule has 0 radical (unpaired) electrons. The molecule has 0 bridgehead atoms. The first-order chi connectivity index (χ1) is 9.11. The van der Waals surface area contributed by atoms with Crippen LogP contribution in [0.25, 0.3) is 0 Å². The molecule has 0 aliphatic carbocycles. The third-order valence-corrected chi connectivity index (χ3v) is 4.50. The summed E-state index contributed by atoms with van der Waals surface area (Å²) >= 11 is 0.986. The highest BCUT2D eigenvalue weighted by Gasteiger charge is 2.54. The highest BCUT2D eigenvalue weighted by molar-refractivity contribution is 8.05. The van der Waals surface area contributed by atoms with Crippen LogP contribution in [-0.4, -0.2) is 21.7 Å². The van der Waals surface area contributed by atoms with Crippen molar-refractivity contribution in [2.24, 2.45) is 11.8 Å². The maximum absolute atomic E-state index is 11.9. The monoisotopic (exact) mass is 278 g/mol. The minimum atomic E-state index is -1.58. The summed E-state index contributed by atoms with van der Waals surface area (Å²) in [5.74, 6) is 2.84. The van der Waals surface area contributed by atoms with Gasteiger partial charge in [0.25, 0.3) is 5.91 Å². The lowest BCUT2D eigenvalue weighted by Gasteiger charge is -2.28. The zero-order valence-corrected chi connectivity index (χ0v) is 10.9. The highest BCUT2D eigenvalue weighted by atomic mass is 32.2. The summed E-state index contributed by atoms with van der Waals surface area (Å²) < 4.78 is -1.58.